The zero-order valence-corrected chi connectivity index (χ0v) is 19.4. The molecule has 0 bridgehead atoms. The van der Waals surface area contributed by atoms with E-state index in [2.05, 4.69) is 47.8 Å². The van der Waals surface area contributed by atoms with Gasteiger partial charge in [0.25, 0.3) is 0 Å². The molecule has 1 N–H and O–H groups in total. The van der Waals surface area contributed by atoms with Crippen LogP contribution in [0.2, 0.25) is 10.0 Å². The SMILES string of the molecule is COc1ccc(CCNCc2c(OCc3ccc(Cl)c(Cl)c3)ccc3ccccc23)cc1. The van der Waals surface area contributed by atoms with Crippen LogP contribution in [-0.2, 0) is 19.6 Å². The second-order valence-corrected chi connectivity index (χ2v) is 8.39. The molecule has 0 saturated carbocycles. The van der Waals surface area contributed by atoms with E-state index in [1.165, 1.54) is 16.3 Å². The molecular formula is C27H25Cl2NO2. The Morgan fingerprint density at radius 1 is 0.812 bits per heavy atom. The van der Waals surface area contributed by atoms with Gasteiger partial charge in [0.05, 0.1) is 17.2 Å². The number of benzene rings is 4. The van der Waals surface area contributed by atoms with Gasteiger partial charge in [0.15, 0.2) is 0 Å². The summed E-state index contributed by atoms with van der Waals surface area (Å²) in [6, 6.07) is 26.3. The summed E-state index contributed by atoms with van der Waals surface area (Å²) in [6.07, 6.45) is 0.939. The van der Waals surface area contributed by atoms with Crippen molar-refractivity contribution in [2.24, 2.45) is 0 Å². The summed E-state index contributed by atoms with van der Waals surface area (Å²) < 4.78 is 11.4. The highest BCUT2D eigenvalue weighted by Crippen LogP contribution is 2.29. The quantitative estimate of drug-likeness (QED) is 0.268. The number of hydrogen-bond acceptors (Lipinski definition) is 3. The minimum atomic E-state index is 0.425. The maximum atomic E-state index is 6.21. The Hall–Kier alpha value is -2.72. The van der Waals surface area contributed by atoms with Crippen LogP contribution in [-0.4, -0.2) is 13.7 Å². The number of hydrogen-bond donors (Lipinski definition) is 1. The van der Waals surface area contributed by atoms with E-state index in [4.69, 9.17) is 32.7 Å². The van der Waals surface area contributed by atoms with Crippen LogP contribution in [0.1, 0.15) is 16.7 Å². The minimum absolute atomic E-state index is 0.425. The van der Waals surface area contributed by atoms with E-state index in [1.807, 2.05) is 30.3 Å². The summed E-state index contributed by atoms with van der Waals surface area (Å²) >= 11 is 12.2. The van der Waals surface area contributed by atoms with E-state index in [9.17, 15) is 0 Å². The van der Waals surface area contributed by atoms with Gasteiger partial charge in [0.2, 0.25) is 0 Å². The molecular weight excluding hydrogens is 441 g/mol. The van der Waals surface area contributed by atoms with Crippen molar-refractivity contribution in [1.29, 1.82) is 0 Å². The number of rotatable bonds is 9. The Labute approximate surface area is 198 Å². The third kappa shape index (κ3) is 5.55. The van der Waals surface area contributed by atoms with E-state index in [0.29, 0.717) is 23.2 Å². The summed E-state index contributed by atoms with van der Waals surface area (Å²) in [5, 5.41) is 7.04. The van der Waals surface area contributed by atoms with Gasteiger partial charge in [-0.15, -0.1) is 0 Å². The van der Waals surface area contributed by atoms with Crippen molar-refractivity contribution in [1.82, 2.24) is 5.32 Å². The molecule has 0 aromatic heterocycles. The van der Waals surface area contributed by atoms with Crippen molar-refractivity contribution in [3.8, 4) is 11.5 Å². The molecule has 32 heavy (non-hydrogen) atoms. The van der Waals surface area contributed by atoms with Gasteiger partial charge in [-0.2, -0.15) is 0 Å². The van der Waals surface area contributed by atoms with Gasteiger partial charge in [-0.25, -0.2) is 0 Å². The number of fused-ring (bicyclic) bond motifs is 1. The summed E-state index contributed by atoms with van der Waals surface area (Å²) in [5.74, 6) is 1.74. The van der Waals surface area contributed by atoms with E-state index in [-0.39, 0.29) is 0 Å². The Bertz CT molecular complexity index is 1190. The first-order valence-corrected chi connectivity index (χ1v) is 11.3. The van der Waals surface area contributed by atoms with Gasteiger partial charge >= 0.3 is 0 Å². The standard InChI is InChI=1S/C27H25Cl2NO2/c1-31-22-10-6-19(7-11-22)14-15-30-17-24-23-5-3-2-4-21(23)9-13-27(24)32-18-20-8-12-25(28)26(29)16-20/h2-13,16,30H,14-15,17-18H2,1H3. The largest absolute Gasteiger partial charge is 0.497 e. The van der Waals surface area contributed by atoms with Gasteiger partial charge in [-0.3, -0.25) is 0 Å². The van der Waals surface area contributed by atoms with Gasteiger partial charge in [0, 0.05) is 12.1 Å². The first-order valence-electron chi connectivity index (χ1n) is 10.5. The van der Waals surface area contributed by atoms with E-state index in [1.54, 1.807) is 13.2 Å². The first-order chi connectivity index (χ1) is 15.6. The number of ether oxygens (including phenoxy) is 2. The van der Waals surface area contributed by atoms with Gasteiger partial charge in [0.1, 0.15) is 18.1 Å². The Morgan fingerprint density at radius 2 is 1.59 bits per heavy atom. The molecule has 3 nitrogen and oxygen atoms in total. The second-order valence-electron chi connectivity index (χ2n) is 7.58. The Balaban J connectivity index is 1.46. The van der Waals surface area contributed by atoms with Crippen molar-refractivity contribution in [2.45, 2.75) is 19.6 Å². The summed E-state index contributed by atoms with van der Waals surface area (Å²) in [4.78, 5) is 0. The van der Waals surface area contributed by atoms with E-state index >= 15 is 0 Å². The topological polar surface area (TPSA) is 30.5 Å². The highest BCUT2D eigenvalue weighted by atomic mass is 35.5. The van der Waals surface area contributed by atoms with Crippen LogP contribution < -0.4 is 14.8 Å². The normalized spacial score (nSPS) is 11.0. The van der Waals surface area contributed by atoms with Gasteiger partial charge in [-0.1, -0.05) is 71.7 Å². The van der Waals surface area contributed by atoms with Crippen molar-refractivity contribution < 1.29 is 9.47 Å². The average molecular weight is 466 g/mol. The fourth-order valence-electron chi connectivity index (χ4n) is 3.66. The molecule has 0 aliphatic rings. The molecule has 4 rings (SSSR count). The van der Waals surface area contributed by atoms with Crippen LogP contribution in [0.5, 0.6) is 11.5 Å². The molecule has 4 aromatic carbocycles. The van der Waals surface area contributed by atoms with Crippen molar-refractivity contribution >= 4 is 34.0 Å². The molecule has 0 fully saturated rings. The molecule has 0 unspecified atom stereocenters. The van der Waals surface area contributed by atoms with Crippen LogP contribution in [0, 0.1) is 0 Å². The van der Waals surface area contributed by atoms with Gasteiger partial charge < -0.3 is 14.8 Å². The number of halogens is 2. The molecule has 0 saturated heterocycles. The Morgan fingerprint density at radius 3 is 2.38 bits per heavy atom. The van der Waals surface area contributed by atoms with Crippen LogP contribution in [0.15, 0.2) is 78.9 Å². The average Bonchev–Trinajstić information content (AvgIpc) is 2.83. The van der Waals surface area contributed by atoms with Crippen LogP contribution >= 0.6 is 23.2 Å². The summed E-state index contributed by atoms with van der Waals surface area (Å²) in [7, 11) is 1.68. The first kappa shape index (κ1) is 22.5. The predicted octanol–water partition coefficient (Wildman–Crippen LogP) is 7.07. The number of nitrogens with one attached hydrogen (secondary N) is 1. The molecule has 0 atom stereocenters. The second kappa shape index (κ2) is 10.7. The molecule has 0 radical (unpaired) electrons. The Kier molecular flexibility index (Phi) is 7.54. The smallest absolute Gasteiger partial charge is 0.124 e. The third-order valence-electron chi connectivity index (χ3n) is 5.43. The maximum absolute atomic E-state index is 6.21. The van der Waals surface area contributed by atoms with Crippen LogP contribution in [0.4, 0.5) is 0 Å². The highest BCUT2D eigenvalue weighted by molar-refractivity contribution is 6.42. The molecule has 5 heteroatoms. The lowest BCUT2D eigenvalue weighted by Crippen LogP contribution is -2.17. The fraction of sp³-hybridized carbons (Fsp3) is 0.185. The zero-order valence-electron chi connectivity index (χ0n) is 17.9. The molecule has 164 valence electrons. The van der Waals surface area contributed by atoms with Gasteiger partial charge in [-0.05, 0) is 65.2 Å². The molecule has 0 amide bonds. The number of methoxy groups -OCH3 is 1. The van der Waals surface area contributed by atoms with E-state index < -0.39 is 0 Å². The fourth-order valence-corrected chi connectivity index (χ4v) is 3.98. The molecule has 0 spiro atoms. The molecule has 0 aliphatic heterocycles. The minimum Gasteiger partial charge on any atom is -0.497 e. The zero-order chi connectivity index (χ0) is 22.3. The predicted molar refractivity (Wildman–Crippen MR) is 133 cm³/mol. The van der Waals surface area contributed by atoms with Crippen LogP contribution in [0.25, 0.3) is 10.8 Å². The molecule has 4 aromatic rings. The monoisotopic (exact) mass is 465 g/mol. The lowest BCUT2D eigenvalue weighted by Gasteiger charge is -2.15. The molecule has 0 aliphatic carbocycles. The highest BCUT2D eigenvalue weighted by Gasteiger charge is 2.10. The van der Waals surface area contributed by atoms with Crippen molar-refractivity contribution in [2.75, 3.05) is 13.7 Å². The third-order valence-corrected chi connectivity index (χ3v) is 6.17. The van der Waals surface area contributed by atoms with Crippen molar-refractivity contribution in [3.63, 3.8) is 0 Å². The maximum Gasteiger partial charge on any atom is 0.124 e. The van der Waals surface area contributed by atoms with E-state index in [0.717, 1.165) is 35.6 Å². The van der Waals surface area contributed by atoms with Crippen molar-refractivity contribution in [3.05, 3.63) is 106 Å². The lowest BCUT2D eigenvalue weighted by molar-refractivity contribution is 0.303. The molecule has 0 heterocycles. The van der Waals surface area contributed by atoms with Crippen LogP contribution in [0.3, 0.4) is 0 Å². The lowest BCUT2D eigenvalue weighted by atomic mass is 10.0. The summed E-state index contributed by atoms with van der Waals surface area (Å²) in [5.41, 5.74) is 3.40. The summed E-state index contributed by atoms with van der Waals surface area (Å²) in [6.45, 7) is 2.00.